The van der Waals surface area contributed by atoms with E-state index in [2.05, 4.69) is 18.0 Å². The molecule has 0 bridgehead atoms. The van der Waals surface area contributed by atoms with Crippen LogP contribution >= 0.6 is 0 Å². The third-order valence-electron chi connectivity index (χ3n) is 9.98. The van der Waals surface area contributed by atoms with Gasteiger partial charge >= 0.3 is 16.4 Å². The molecule has 12 nitrogen and oxygen atoms in total. The minimum Gasteiger partial charge on any atom is -0.457 e. The summed E-state index contributed by atoms with van der Waals surface area (Å²) in [6.07, 6.45) is 22.8. The number of aliphatic hydroxyl groups is 3. The van der Waals surface area contributed by atoms with Crippen molar-refractivity contribution in [1.82, 2.24) is 0 Å². The Hall–Kier alpha value is -0.900. The summed E-state index contributed by atoms with van der Waals surface area (Å²) in [5.74, 6) is -0.396. The first-order chi connectivity index (χ1) is 25.6. The van der Waals surface area contributed by atoms with Gasteiger partial charge in [-0.15, -0.1) is 0 Å². The molecular formula is C40H78O12S. The fourth-order valence-corrected chi connectivity index (χ4v) is 7.24. The lowest BCUT2D eigenvalue weighted by molar-refractivity contribution is -0.301. The van der Waals surface area contributed by atoms with E-state index in [1.165, 1.54) is 122 Å². The summed E-state index contributed by atoms with van der Waals surface area (Å²) >= 11 is 0. The van der Waals surface area contributed by atoms with Crippen molar-refractivity contribution in [3.8, 4) is 0 Å². The molecule has 0 aliphatic carbocycles. The monoisotopic (exact) mass is 783 g/mol. The Labute approximate surface area is 322 Å². The molecule has 0 spiro atoms. The van der Waals surface area contributed by atoms with Gasteiger partial charge < -0.3 is 34.3 Å². The predicted octanol–water partition coefficient (Wildman–Crippen LogP) is 8.13. The lowest BCUT2D eigenvalue weighted by atomic mass is 9.99. The predicted molar refractivity (Wildman–Crippen MR) is 207 cm³/mol. The van der Waals surface area contributed by atoms with Crippen LogP contribution in [0.2, 0.25) is 0 Å². The molecule has 0 aromatic heterocycles. The van der Waals surface area contributed by atoms with E-state index in [-0.39, 0.29) is 19.6 Å². The summed E-state index contributed by atoms with van der Waals surface area (Å²) in [5, 5.41) is 30.6. The Morgan fingerprint density at radius 1 is 0.642 bits per heavy atom. The van der Waals surface area contributed by atoms with Gasteiger partial charge in [-0.1, -0.05) is 168 Å². The lowest BCUT2D eigenvalue weighted by Crippen LogP contribution is -2.60. The maximum atomic E-state index is 12.8. The quantitative estimate of drug-likeness (QED) is 0.0271. The van der Waals surface area contributed by atoms with Gasteiger partial charge in [-0.2, -0.15) is 8.42 Å². The topological polar surface area (TPSA) is 178 Å². The standard InChI is InChI=1S/C40H78O12S/c1-3-5-7-9-11-13-15-17-19-21-23-25-27-29-36(42)50-34(32-48-30-28-26-24-22-20-18-16-14-12-10-8-6-4-2)33-49-40-38(44)39(52-53(45,46)47)37(43)35(31-41)51-40/h34-35,37-41,43-44H,3-33H2,1-2H3,(H,45,46,47). The highest BCUT2D eigenvalue weighted by atomic mass is 32.3. The lowest BCUT2D eigenvalue weighted by Gasteiger charge is -2.41. The van der Waals surface area contributed by atoms with Crippen LogP contribution in [-0.2, 0) is 38.3 Å². The van der Waals surface area contributed by atoms with Crippen molar-refractivity contribution in [2.75, 3.05) is 26.4 Å². The molecule has 0 amide bonds. The molecule has 1 aliphatic heterocycles. The van der Waals surface area contributed by atoms with E-state index in [9.17, 15) is 28.5 Å². The van der Waals surface area contributed by atoms with Crippen molar-refractivity contribution in [3.63, 3.8) is 0 Å². The molecule has 6 atom stereocenters. The molecule has 13 heteroatoms. The van der Waals surface area contributed by atoms with Crippen molar-refractivity contribution in [3.05, 3.63) is 0 Å². The maximum absolute atomic E-state index is 12.8. The second kappa shape index (κ2) is 33.3. The minimum atomic E-state index is -5.05. The van der Waals surface area contributed by atoms with E-state index < -0.39 is 59.8 Å². The van der Waals surface area contributed by atoms with Crippen LogP contribution in [-0.4, -0.2) is 97.5 Å². The maximum Gasteiger partial charge on any atom is 0.397 e. The normalized spacial score (nSPS) is 21.2. The third-order valence-corrected chi connectivity index (χ3v) is 10.4. The SMILES string of the molecule is CCCCCCCCCCCCCCCOCC(COC1OC(CO)C(O)C(OS(=O)(=O)O)C1O)OC(=O)CCCCCCCCCCCCCCC. The highest BCUT2D eigenvalue weighted by Gasteiger charge is 2.48. The van der Waals surface area contributed by atoms with Crippen LogP contribution in [0.1, 0.15) is 187 Å². The van der Waals surface area contributed by atoms with Crippen LogP contribution in [0.4, 0.5) is 0 Å². The number of aliphatic hydroxyl groups excluding tert-OH is 3. The van der Waals surface area contributed by atoms with Crippen molar-refractivity contribution < 1.29 is 56.2 Å². The smallest absolute Gasteiger partial charge is 0.397 e. The molecule has 0 aromatic rings. The van der Waals surface area contributed by atoms with Gasteiger partial charge in [0.25, 0.3) is 0 Å². The van der Waals surface area contributed by atoms with Gasteiger partial charge in [-0.25, -0.2) is 4.18 Å². The number of hydrogen-bond acceptors (Lipinski definition) is 11. The van der Waals surface area contributed by atoms with Crippen LogP contribution < -0.4 is 0 Å². The first-order valence-electron chi connectivity index (χ1n) is 21.3. The van der Waals surface area contributed by atoms with E-state index in [0.717, 1.165) is 38.5 Å². The number of esters is 1. The molecule has 316 valence electrons. The fourth-order valence-electron chi connectivity index (χ4n) is 6.73. The van der Waals surface area contributed by atoms with Crippen LogP contribution in [0.5, 0.6) is 0 Å². The van der Waals surface area contributed by atoms with E-state index in [0.29, 0.717) is 13.0 Å². The first kappa shape index (κ1) is 50.1. The van der Waals surface area contributed by atoms with Gasteiger partial charge in [0.15, 0.2) is 6.29 Å². The van der Waals surface area contributed by atoms with Crippen LogP contribution in [0, 0.1) is 0 Å². The molecule has 53 heavy (non-hydrogen) atoms. The summed E-state index contributed by atoms with van der Waals surface area (Å²) in [7, 11) is -5.05. The van der Waals surface area contributed by atoms with Gasteiger partial charge in [0.1, 0.15) is 30.5 Å². The number of rotatable bonds is 37. The molecule has 4 N–H and O–H groups in total. The van der Waals surface area contributed by atoms with E-state index in [1.807, 2.05) is 0 Å². The summed E-state index contributed by atoms with van der Waals surface area (Å²) in [5.41, 5.74) is 0. The van der Waals surface area contributed by atoms with Gasteiger partial charge in [0.05, 0.1) is 19.8 Å². The van der Waals surface area contributed by atoms with Crippen molar-refractivity contribution in [2.24, 2.45) is 0 Å². The highest BCUT2D eigenvalue weighted by Crippen LogP contribution is 2.26. The van der Waals surface area contributed by atoms with E-state index in [4.69, 9.17) is 23.5 Å². The van der Waals surface area contributed by atoms with Crippen LogP contribution in [0.15, 0.2) is 0 Å². The second-order valence-electron chi connectivity index (χ2n) is 15.0. The number of carbonyl (C=O) groups is 1. The molecule has 0 saturated carbocycles. The summed E-state index contributed by atoms with van der Waals surface area (Å²) in [6, 6.07) is 0. The molecule has 6 unspecified atom stereocenters. The molecule has 1 rings (SSSR count). The van der Waals surface area contributed by atoms with Crippen LogP contribution in [0.25, 0.3) is 0 Å². The second-order valence-corrected chi connectivity index (χ2v) is 16.0. The Balaban J connectivity index is 2.46. The van der Waals surface area contributed by atoms with E-state index >= 15 is 0 Å². The molecule has 0 aromatic carbocycles. The Morgan fingerprint density at radius 2 is 1.08 bits per heavy atom. The van der Waals surface area contributed by atoms with Crippen molar-refractivity contribution in [1.29, 1.82) is 0 Å². The molecule has 0 radical (unpaired) electrons. The molecule has 1 aliphatic rings. The average molecular weight is 783 g/mol. The van der Waals surface area contributed by atoms with Crippen molar-refractivity contribution >= 4 is 16.4 Å². The fraction of sp³-hybridized carbons (Fsp3) is 0.975. The van der Waals surface area contributed by atoms with Crippen LogP contribution in [0.3, 0.4) is 0 Å². The summed E-state index contributed by atoms with van der Waals surface area (Å²) < 4.78 is 58.9. The summed E-state index contributed by atoms with van der Waals surface area (Å²) in [4.78, 5) is 12.8. The first-order valence-corrected chi connectivity index (χ1v) is 22.7. The number of unbranched alkanes of at least 4 members (excludes halogenated alkanes) is 24. The summed E-state index contributed by atoms with van der Waals surface area (Å²) in [6.45, 7) is 4.00. The van der Waals surface area contributed by atoms with Gasteiger partial charge in [0, 0.05) is 13.0 Å². The van der Waals surface area contributed by atoms with Gasteiger partial charge in [-0.05, 0) is 12.8 Å². The Bertz CT molecular complexity index is 952. The molecule has 1 fully saturated rings. The zero-order chi connectivity index (χ0) is 39.0. The zero-order valence-electron chi connectivity index (χ0n) is 33.3. The Kier molecular flexibility index (Phi) is 31.5. The van der Waals surface area contributed by atoms with E-state index in [1.54, 1.807) is 0 Å². The van der Waals surface area contributed by atoms with Gasteiger partial charge in [0.2, 0.25) is 0 Å². The van der Waals surface area contributed by atoms with Crippen molar-refractivity contribution in [2.45, 2.75) is 224 Å². The zero-order valence-corrected chi connectivity index (χ0v) is 34.2. The third kappa shape index (κ3) is 27.4. The average Bonchev–Trinajstić information content (AvgIpc) is 3.12. The molecule has 1 heterocycles. The molecule has 1 saturated heterocycles. The largest absolute Gasteiger partial charge is 0.457 e. The number of carbonyl (C=O) groups excluding carboxylic acids is 1. The number of ether oxygens (including phenoxy) is 4. The highest BCUT2D eigenvalue weighted by molar-refractivity contribution is 7.80. The molecular weight excluding hydrogens is 704 g/mol. The number of hydrogen-bond donors (Lipinski definition) is 4. The minimum absolute atomic E-state index is 0.0441. The van der Waals surface area contributed by atoms with Gasteiger partial charge in [-0.3, -0.25) is 9.35 Å². The Morgan fingerprint density at radius 3 is 1.51 bits per heavy atom.